The van der Waals surface area contributed by atoms with E-state index in [1.807, 2.05) is 49.6 Å². The Morgan fingerprint density at radius 1 is 1.13 bits per heavy atom. The Balaban J connectivity index is 0.000000216. The van der Waals surface area contributed by atoms with Gasteiger partial charge in [0.1, 0.15) is 11.6 Å². The fraction of sp³-hybridized carbons (Fsp3) is 0.375. The van der Waals surface area contributed by atoms with Crippen LogP contribution in [0.2, 0.25) is 0 Å². The molecule has 1 saturated carbocycles. The molecule has 0 atom stereocenters. The summed E-state index contributed by atoms with van der Waals surface area (Å²) in [5.41, 5.74) is 15.1. The summed E-state index contributed by atoms with van der Waals surface area (Å²) in [5.74, 6) is 2.32. The zero-order chi connectivity index (χ0) is 21.3. The molecule has 4 rings (SSSR count). The van der Waals surface area contributed by atoms with Crippen LogP contribution in [0.3, 0.4) is 0 Å². The predicted molar refractivity (Wildman–Crippen MR) is 122 cm³/mol. The van der Waals surface area contributed by atoms with Gasteiger partial charge in [-0.15, -0.1) is 0 Å². The van der Waals surface area contributed by atoms with Crippen molar-refractivity contribution in [1.29, 1.82) is 0 Å². The van der Waals surface area contributed by atoms with Crippen LogP contribution in [0.25, 0.3) is 11.3 Å². The van der Waals surface area contributed by atoms with Gasteiger partial charge in [0.15, 0.2) is 0 Å². The summed E-state index contributed by atoms with van der Waals surface area (Å²) in [5, 5.41) is 4.17. The number of anilines is 1. The Morgan fingerprint density at radius 3 is 2.50 bits per heavy atom. The van der Waals surface area contributed by atoms with Gasteiger partial charge < -0.3 is 11.5 Å². The van der Waals surface area contributed by atoms with Crippen molar-refractivity contribution in [1.82, 2.24) is 19.7 Å². The number of rotatable bonds is 5. The van der Waals surface area contributed by atoms with Crippen molar-refractivity contribution < 1.29 is 0 Å². The number of hydrogen-bond acceptors (Lipinski definition) is 5. The second-order valence-electron chi connectivity index (χ2n) is 7.95. The average molecular weight is 405 g/mol. The van der Waals surface area contributed by atoms with Gasteiger partial charge in [-0.3, -0.25) is 4.68 Å². The molecule has 0 spiro atoms. The Hall–Kier alpha value is -3.15. The van der Waals surface area contributed by atoms with Crippen molar-refractivity contribution in [3.8, 4) is 11.3 Å². The molecule has 1 aliphatic rings. The van der Waals surface area contributed by atoms with Crippen LogP contribution in [0.4, 0.5) is 5.82 Å². The minimum atomic E-state index is 0.646. The SMILES string of the molecule is C=C(N)Cc1ccccc1.Cn1ncc(-c2ccnc(CC3CCCCC3)n2)c1N. The fourth-order valence-corrected chi connectivity index (χ4v) is 3.80. The van der Waals surface area contributed by atoms with E-state index in [1.165, 1.54) is 37.7 Å². The molecule has 1 fully saturated rings. The van der Waals surface area contributed by atoms with Gasteiger partial charge in [0.05, 0.1) is 17.5 Å². The lowest BCUT2D eigenvalue weighted by atomic mass is 9.87. The van der Waals surface area contributed by atoms with Gasteiger partial charge in [0.2, 0.25) is 0 Å². The standard InChI is InChI=1S/C15H21N5.C9H11N/c1-20-15(16)12(10-18-20)13-7-8-17-14(19-13)9-11-5-3-2-4-6-11;1-8(10)7-9-5-3-2-4-6-9/h7-8,10-11H,2-6,9,16H2,1H3;2-6H,1,7,10H2. The quantitative estimate of drug-likeness (QED) is 0.661. The Bertz CT molecular complexity index is 941. The van der Waals surface area contributed by atoms with Gasteiger partial charge in [0.25, 0.3) is 0 Å². The van der Waals surface area contributed by atoms with E-state index in [2.05, 4.69) is 21.6 Å². The van der Waals surface area contributed by atoms with Crippen molar-refractivity contribution >= 4 is 5.82 Å². The average Bonchev–Trinajstić information content (AvgIpc) is 3.08. The number of nitrogens with two attached hydrogens (primary N) is 2. The van der Waals surface area contributed by atoms with Crippen molar-refractivity contribution in [2.75, 3.05) is 5.73 Å². The van der Waals surface area contributed by atoms with E-state index in [0.29, 0.717) is 11.5 Å². The molecule has 30 heavy (non-hydrogen) atoms. The van der Waals surface area contributed by atoms with Gasteiger partial charge >= 0.3 is 0 Å². The van der Waals surface area contributed by atoms with Gasteiger partial charge in [-0.05, 0) is 17.5 Å². The van der Waals surface area contributed by atoms with E-state index >= 15 is 0 Å². The first-order valence-electron chi connectivity index (χ1n) is 10.6. The van der Waals surface area contributed by atoms with E-state index in [1.54, 1.807) is 10.9 Å². The minimum absolute atomic E-state index is 0.646. The first-order chi connectivity index (χ1) is 14.5. The zero-order valence-electron chi connectivity index (χ0n) is 17.8. The van der Waals surface area contributed by atoms with Crippen molar-refractivity contribution in [2.24, 2.45) is 18.7 Å². The molecule has 6 nitrogen and oxygen atoms in total. The molecule has 0 aliphatic heterocycles. The molecule has 158 valence electrons. The molecule has 6 heteroatoms. The maximum atomic E-state index is 6.01. The molecule has 1 aromatic carbocycles. The Kier molecular flexibility index (Phi) is 7.60. The summed E-state index contributed by atoms with van der Waals surface area (Å²) in [6.07, 6.45) is 12.0. The number of allylic oxidation sites excluding steroid dienone is 1. The van der Waals surface area contributed by atoms with E-state index in [0.717, 1.165) is 35.8 Å². The van der Waals surface area contributed by atoms with Crippen LogP contribution in [0.1, 0.15) is 43.5 Å². The van der Waals surface area contributed by atoms with Gasteiger partial charge in [-0.25, -0.2) is 9.97 Å². The van der Waals surface area contributed by atoms with E-state index < -0.39 is 0 Å². The van der Waals surface area contributed by atoms with Crippen LogP contribution in [-0.2, 0) is 19.9 Å². The molecular formula is C24H32N6. The van der Waals surface area contributed by atoms with E-state index in [-0.39, 0.29) is 0 Å². The fourth-order valence-electron chi connectivity index (χ4n) is 3.80. The van der Waals surface area contributed by atoms with Crippen molar-refractivity contribution in [3.63, 3.8) is 0 Å². The first kappa shape index (κ1) is 21.6. The number of hydrogen-bond donors (Lipinski definition) is 2. The highest BCUT2D eigenvalue weighted by Gasteiger charge is 2.16. The third-order valence-corrected chi connectivity index (χ3v) is 5.44. The molecule has 0 bridgehead atoms. The molecule has 4 N–H and O–H groups in total. The lowest BCUT2D eigenvalue weighted by molar-refractivity contribution is 0.351. The molecule has 2 aromatic heterocycles. The highest BCUT2D eigenvalue weighted by atomic mass is 15.3. The van der Waals surface area contributed by atoms with Crippen LogP contribution >= 0.6 is 0 Å². The van der Waals surface area contributed by atoms with Crippen LogP contribution < -0.4 is 11.5 Å². The molecule has 0 saturated heterocycles. The third kappa shape index (κ3) is 6.17. The molecule has 2 heterocycles. The van der Waals surface area contributed by atoms with Gasteiger partial charge in [-0.2, -0.15) is 5.10 Å². The van der Waals surface area contributed by atoms with Gasteiger partial charge in [-0.1, -0.05) is 69.0 Å². The number of nitrogens with zero attached hydrogens (tertiary/aromatic N) is 4. The smallest absolute Gasteiger partial charge is 0.130 e. The predicted octanol–water partition coefficient (Wildman–Crippen LogP) is 4.28. The molecule has 3 aromatic rings. The first-order valence-corrected chi connectivity index (χ1v) is 10.6. The Morgan fingerprint density at radius 2 is 1.87 bits per heavy atom. The highest BCUT2D eigenvalue weighted by Crippen LogP contribution is 2.27. The normalized spacial score (nSPS) is 14.0. The molecule has 0 unspecified atom stereocenters. The van der Waals surface area contributed by atoms with Crippen molar-refractivity contribution in [2.45, 2.75) is 44.9 Å². The second-order valence-corrected chi connectivity index (χ2v) is 7.95. The summed E-state index contributed by atoms with van der Waals surface area (Å²) in [6.45, 7) is 3.63. The number of aromatic nitrogens is 4. The van der Waals surface area contributed by atoms with Gasteiger partial charge in [0, 0.05) is 31.8 Å². The number of aryl methyl sites for hydroxylation is 1. The maximum absolute atomic E-state index is 6.01. The summed E-state index contributed by atoms with van der Waals surface area (Å²) >= 11 is 0. The summed E-state index contributed by atoms with van der Waals surface area (Å²) in [6, 6.07) is 12.0. The van der Waals surface area contributed by atoms with Crippen LogP contribution in [-0.4, -0.2) is 19.7 Å². The van der Waals surface area contributed by atoms with E-state index in [4.69, 9.17) is 11.5 Å². The van der Waals surface area contributed by atoms with E-state index in [9.17, 15) is 0 Å². The van der Waals surface area contributed by atoms with Crippen LogP contribution in [0.15, 0.2) is 61.1 Å². The van der Waals surface area contributed by atoms with Crippen LogP contribution in [0.5, 0.6) is 0 Å². The number of nitrogen functional groups attached to an aromatic ring is 1. The summed E-state index contributed by atoms with van der Waals surface area (Å²) in [7, 11) is 1.84. The Labute approximate surface area is 179 Å². The zero-order valence-corrected chi connectivity index (χ0v) is 17.8. The maximum Gasteiger partial charge on any atom is 0.130 e. The molecule has 0 amide bonds. The minimum Gasteiger partial charge on any atom is -0.402 e. The summed E-state index contributed by atoms with van der Waals surface area (Å²) < 4.78 is 1.66. The molecule has 0 radical (unpaired) electrons. The molecular weight excluding hydrogens is 372 g/mol. The summed E-state index contributed by atoms with van der Waals surface area (Å²) in [4.78, 5) is 9.08. The largest absolute Gasteiger partial charge is 0.402 e. The van der Waals surface area contributed by atoms with Crippen LogP contribution in [0, 0.1) is 5.92 Å². The molecule has 1 aliphatic carbocycles. The highest BCUT2D eigenvalue weighted by molar-refractivity contribution is 5.70. The lowest BCUT2D eigenvalue weighted by Crippen LogP contribution is -2.11. The lowest BCUT2D eigenvalue weighted by Gasteiger charge is -2.20. The second kappa shape index (κ2) is 10.6. The monoisotopic (exact) mass is 404 g/mol. The third-order valence-electron chi connectivity index (χ3n) is 5.44. The topological polar surface area (TPSA) is 95.6 Å². The van der Waals surface area contributed by atoms with Crippen molar-refractivity contribution in [3.05, 3.63) is 72.5 Å². The number of benzene rings is 1.